The molecule has 24 heavy (non-hydrogen) atoms. The van der Waals surface area contributed by atoms with Crippen LogP contribution in [0, 0.1) is 11.7 Å². The molecule has 0 radical (unpaired) electrons. The quantitative estimate of drug-likeness (QED) is 0.651. The summed E-state index contributed by atoms with van der Waals surface area (Å²) in [4.78, 5) is 24.7. The Bertz CT molecular complexity index is 703. The van der Waals surface area contributed by atoms with Gasteiger partial charge in [0, 0.05) is 5.56 Å². The fraction of sp³-hybridized carbons (Fsp3) is 0.263. The van der Waals surface area contributed by atoms with Gasteiger partial charge in [-0.2, -0.15) is 0 Å². The Morgan fingerprint density at radius 2 is 1.71 bits per heavy atom. The van der Waals surface area contributed by atoms with E-state index in [4.69, 9.17) is 4.74 Å². The summed E-state index contributed by atoms with van der Waals surface area (Å²) < 4.78 is 18.8. The van der Waals surface area contributed by atoms with Crippen molar-refractivity contribution in [3.05, 3.63) is 66.0 Å². The third kappa shape index (κ3) is 4.41. The van der Waals surface area contributed by atoms with E-state index in [1.165, 1.54) is 18.2 Å². The first-order valence-corrected chi connectivity index (χ1v) is 7.85. The lowest BCUT2D eigenvalue weighted by atomic mass is 9.98. The molecule has 126 valence electrons. The standard InChI is InChI=1S/C19H20FNO3/c1-3-13(2)17(21-18(22)14-9-5-4-6-10-14)19(23)24-16-12-8-7-11-15(16)20/h4-13,17H,3H2,1-2H3,(H,21,22). The molecule has 1 N–H and O–H groups in total. The summed E-state index contributed by atoms with van der Waals surface area (Å²) in [5, 5.41) is 2.69. The van der Waals surface area contributed by atoms with Gasteiger partial charge in [-0.1, -0.05) is 50.6 Å². The lowest BCUT2D eigenvalue weighted by Crippen LogP contribution is -2.47. The smallest absolute Gasteiger partial charge is 0.334 e. The number of amides is 1. The third-order valence-corrected chi connectivity index (χ3v) is 3.84. The van der Waals surface area contributed by atoms with Crippen molar-refractivity contribution in [1.82, 2.24) is 5.32 Å². The maximum absolute atomic E-state index is 13.7. The molecule has 0 aliphatic heterocycles. The van der Waals surface area contributed by atoms with E-state index < -0.39 is 17.8 Å². The largest absolute Gasteiger partial charge is 0.422 e. The van der Waals surface area contributed by atoms with Crippen molar-refractivity contribution < 1.29 is 18.7 Å². The fourth-order valence-corrected chi connectivity index (χ4v) is 2.18. The van der Waals surface area contributed by atoms with Gasteiger partial charge in [-0.3, -0.25) is 4.79 Å². The van der Waals surface area contributed by atoms with Crippen molar-refractivity contribution in [3.63, 3.8) is 0 Å². The molecule has 0 spiro atoms. The van der Waals surface area contributed by atoms with Gasteiger partial charge in [0.05, 0.1) is 0 Å². The minimum Gasteiger partial charge on any atom is -0.422 e. The maximum Gasteiger partial charge on any atom is 0.334 e. The van der Waals surface area contributed by atoms with E-state index in [-0.39, 0.29) is 17.6 Å². The van der Waals surface area contributed by atoms with Crippen LogP contribution in [0.2, 0.25) is 0 Å². The normalized spacial score (nSPS) is 13.0. The average molecular weight is 329 g/mol. The molecule has 4 nitrogen and oxygen atoms in total. The topological polar surface area (TPSA) is 55.4 Å². The number of ether oxygens (including phenoxy) is 1. The van der Waals surface area contributed by atoms with Gasteiger partial charge >= 0.3 is 5.97 Å². The van der Waals surface area contributed by atoms with E-state index >= 15 is 0 Å². The van der Waals surface area contributed by atoms with E-state index in [0.717, 1.165) is 0 Å². The highest BCUT2D eigenvalue weighted by Crippen LogP contribution is 2.18. The molecule has 0 fully saturated rings. The Kier molecular flexibility index (Phi) is 6.07. The number of hydrogen-bond donors (Lipinski definition) is 1. The van der Waals surface area contributed by atoms with Gasteiger partial charge < -0.3 is 10.1 Å². The minimum atomic E-state index is -0.859. The number of carbonyl (C=O) groups excluding carboxylic acids is 2. The summed E-state index contributed by atoms with van der Waals surface area (Å²) in [6.07, 6.45) is 0.659. The molecule has 2 aromatic carbocycles. The maximum atomic E-state index is 13.7. The van der Waals surface area contributed by atoms with Gasteiger partial charge in [0.25, 0.3) is 5.91 Å². The van der Waals surface area contributed by atoms with Crippen LogP contribution in [0.3, 0.4) is 0 Å². The van der Waals surface area contributed by atoms with E-state index in [9.17, 15) is 14.0 Å². The highest BCUT2D eigenvalue weighted by atomic mass is 19.1. The molecule has 0 bridgehead atoms. The van der Waals surface area contributed by atoms with Crippen LogP contribution in [0.5, 0.6) is 5.75 Å². The van der Waals surface area contributed by atoms with Crippen molar-refractivity contribution in [2.75, 3.05) is 0 Å². The molecule has 0 saturated heterocycles. The first-order valence-electron chi connectivity index (χ1n) is 7.85. The minimum absolute atomic E-state index is 0.148. The molecule has 5 heteroatoms. The van der Waals surface area contributed by atoms with Crippen LogP contribution in [-0.2, 0) is 4.79 Å². The number of para-hydroxylation sites is 1. The fourth-order valence-electron chi connectivity index (χ4n) is 2.18. The van der Waals surface area contributed by atoms with E-state index in [1.54, 1.807) is 36.4 Å². The summed E-state index contributed by atoms with van der Waals surface area (Å²) in [5.41, 5.74) is 0.449. The molecule has 2 unspecified atom stereocenters. The molecule has 1 amide bonds. The Morgan fingerprint density at radius 3 is 2.33 bits per heavy atom. The second-order valence-corrected chi connectivity index (χ2v) is 5.55. The first-order chi connectivity index (χ1) is 11.5. The second kappa shape index (κ2) is 8.24. The van der Waals surface area contributed by atoms with Crippen LogP contribution in [-0.4, -0.2) is 17.9 Å². The molecule has 2 aromatic rings. The zero-order valence-electron chi connectivity index (χ0n) is 13.7. The van der Waals surface area contributed by atoms with Crippen molar-refractivity contribution in [1.29, 1.82) is 0 Å². The van der Waals surface area contributed by atoms with Crippen molar-refractivity contribution in [2.45, 2.75) is 26.3 Å². The lowest BCUT2D eigenvalue weighted by molar-refractivity contribution is -0.138. The monoisotopic (exact) mass is 329 g/mol. The first kappa shape index (κ1) is 17.7. The van der Waals surface area contributed by atoms with E-state index in [1.807, 2.05) is 13.8 Å². The SMILES string of the molecule is CCC(C)C(NC(=O)c1ccccc1)C(=O)Oc1ccccc1F. The average Bonchev–Trinajstić information content (AvgIpc) is 2.61. The highest BCUT2D eigenvalue weighted by Gasteiger charge is 2.28. The Hall–Kier alpha value is -2.69. The Balaban J connectivity index is 2.14. The van der Waals surface area contributed by atoms with Crippen LogP contribution in [0.1, 0.15) is 30.6 Å². The summed E-state index contributed by atoms with van der Waals surface area (Å²) in [5.74, 6) is -1.98. The molecule has 0 aliphatic rings. The van der Waals surface area contributed by atoms with Gasteiger partial charge in [-0.15, -0.1) is 0 Å². The zero-order valence-corrected chi connectivity index (χ0v) is 13.7. The van der Waals surface area contributed by atoms with Crippen molar-refractivity contribution in [2.24, 2.45) is 5.92 Å². The number of nitrogens with one attached hydrogen (secondary N) is 1. The van der Waals surface area contributed by atoms with Crippen LogP contribution in [0.25, 0.3) is 0 Å². The number of halogens is 1. The molecule has 0 saturated carbocycles. The Morgan fingerprint density at radius 1 is 1.08 bits per heavy atom. The van der Waals surface area contributed by atoms with Crippen molar-refractivity contribution >= 4 is 11.9 Å². The van der Waals surface area contributed by atoms with E-state index in [0.29, 0.717) is 12.0 Å². The molecule has 2 atom stereocenters. The summed E-state index contributed by atoms with van der Waals surface area (Å²) in [6.45, 7) is 3.74. The number of hydrogen-bond acceptors (Lipinski definition) is 3. The summed E-state index contributed by atoms with van der Waals surface area (Å²) >= 11 is 0. The number of esters is 1. The summed E-state index contributed by atoms with van der Waals surface area (Å²) in [7, 11) is 0. The molecule has 2 rings (SSSR count). The van der Waals surface area contributed by atoms with Crippen LogP contribution < -0.4 is 10.1 Å². The molecular formula is C19H20FNO3. The highest BCUT2D eigenvalue weighted by molar-refractivity contribution is 5.97. The molecular weight excluding hydrogens is 309 g/mol. The van der Waals surface area contributed by atoms with Crippen LogP contribution >= 0.6 is 0 Å². The third-order valence-electron chi connectivity index (χ3n) is 3.84. The van der Waals surface area contributed by atoms with Gasteiger partial charge in [-0.25, -0.2) is 9.18 Å². The van der Waals surface area contributed by atoms with Gasteiger partial charge in [-0.05, 0) is 30.2 Å². The number of carbonyl (C=O) groups is 2. The number of rotatable bonds is 6. The lowest BCUT2D eigenvalue weighted by Gasteiger charge is -2.22. The summed E-state index contributed by atoms with van der Waals surface area (Å²) in [6, 6.07) is 13.4. The molecule has 0 aromatic heterocycles. The second-order valence-electron chi connectivity index (χ2n) is 5.55. The Labute approximate surface area is 140 Å². The predicted molar refractivity (Wildman–Crippen MR) is 89.2 cm³/mol. The van der Waals surface area contributed by atoms with Gasteiger partial charge in [0.15, 0.2) is 11.6 Å². The van der Waals surface area contributed by atoms with Crippen LogP contribution in [0.15, 0.2) is 54.6 Å². The van der Waals surface area contributed by atoms with E-state index in [2.05, 4.69) is 5.32 Å². The van der Waals surface area contributed by atoms with Gasteiger partial charge in [0.1, 0.15) is 6.04 Å². The van der Waals surface area contributed by atoms with Crippen LogP contribution in [0.4, 0.5) is 4.39 Å². The van der Waals surface area contributed by atoms with Gasteiger partial charge in [0.2, 0.25) is 0 Å². The molecule has 0 aliphatic carbocycles. The van der Waals surface area contributed by atoms with Crippen molar-refractivity contribution in [3.8, 4) is 5.75 Å². The molecule has 0 heterocycles. The zero-order chi connectivity index (χ0) is 17.5. The number of benzene rings is 2. The predicted octanol–water partition coefficient (Wildman–Crippen LogP) is 3.58.